The molecule has 11 heteroatoms. The van der Waals surface area contributed by atoms with Gasteiger partial charge in [0.2, 0.25) is 5.28 Å². The average molecular weight is 388 g/mol. The number of imidazole rings is 1. The minimum absolute atomic E-state index is 0.0292. The lowest BCUT2D eigenvalue weighted by Gasteiger charge is -2.25. The van der Waals surface area contributed by atoms with E-state index in [4.69, 9.17) is 17.3 Å². The van der Waals surface area contributed by atoms with Crippen LogP contribution in [0.3, 0.4) is 0 Å². The lowest BCUT2D eigenvalue weighted by atomic mass is 9.91. The van der Waals surface area contributed by atoms with Gasteiger partial charge in [-0.2, -0.15) is 9.97 Å². The van der Waals surface area contributed by atoms with Gasteiger partial charge in [0.05, 0.1) is 18.6 Å². The first-order chi connectivity index (χ1) is 11.6. The quantitative estimate of drug-likeness (QED) is 0.451. The number of hydrogen-bond acceptors (Lipinski definition) is 6. The molecular formula is C14H19ClN5O4P. The van der Waals surface area contributed by atoms with E-state index in [2.05, 4.69) is 15.0 Å². The van der Waals surface area contributed by atoms with Gasteiger partial charge in [0.25, 0.3) is 0 Å². The molecule has 2 aromatic heterocycles. The molecule has 136 valence electrons. The van der Waals surface area contributed by atoms with Gasteiger partial charge in [-0.05, 0) is 30.4 Å². The maximum absolute atomic E-state index is 11.2. The molecular weight excluding hydrogens is 369 g/mol. The van der Waals surface area contributed by atoms with Crippen LogP contribution in [0, 0.1) is 17.3 Å². The molecule has 4 rings (SSSR count). The van der Waals surface area contributed by atoms with Gasteiger partial charge in [-0.1, -0.05) is 6.92 Å². The first-order valence-corrected chi connectivity index (χ1v) is 10.2. The van der Waals surface area contributed by atoms with Crippen molar-refractivity contribution >= 4 is 36.2 Å². The van der Waals surface area contributed by atoms with E-state index in [-0.39, 0.29) is 35.1 Å². The zero-order chi connectivity index (χ0) is 18.1. The Balaban J connectivity index is 1.70. The Bertz CT molecular complexity index is 901. The smallest absolute Gasteiger partial charge is 0.325 e. The van der Waals surface area contributed by atoms with Crippen molar-refractivity contribution in [2.45, 2.75) is 31.9 Å². The highest BCUT2D eigenvalue weighted by Gasteiger charge is 2.70. The Kier molecular flexibility index (Phi) is 3.69. The minimum Gasteiger partial charge on any atom is -0.392 e. The summed E-state index contributed by atoms with van der Waals surface area (Å²) in [6, 6.07) is -0.0814. The summed E-state index contributed by atoms with van der Waals surface area (Å²) < 4.78 is 13.1. The number of rotatable bonds is 4. The van der Waals surface area contributed by atoms with E-state index in [1.54, 1.807) is 6.33 Å². The van der Waals surface area contributed by atoms with Crippen LogP contribution in [0.5, 0.6) is 0 Å². The molecule has 5 N–H and O–H groups in total. The Labute approximate surface area is 148 Å². The van der Waals surface area contributed by atoms with Crippen LogP contribution in [0.4, 0.5) is 5.82 Å². The van der Waals surface area contributed by atoms with Crippen LogP contribution < -0.4 is 5.73 Å². The first-order valence-electron chi connectivity index (χ1n) is 8.02. The number of aromatic nitrogens is 4. The SMILES string of the molecule is C[C@H]1[C@H](n2cnc3c(N)nc(Cl)nc32)[C@H]2C[C@@]2(CCP(=O)(O)O)[C@H]1O. The summed E-state index contributed by atoms with van der Waals surface area (Å²) in [5, 5.41) is 10.8. The molecule has 0 unspecified atom stereocenters. The summed E-state index contributed by atoms with van der Waals surface area (Å²) in [5.74, 6) is 0.197. The Morgan fingerprint density at radius 3 is 2.88 bits per heavy atom. The standard InChI is InChI=1S/C14H19ClN5O4P/c1-6-9(7-4-14(7,10(6)21)2-3-25(22,23)24)20-5-17-8-11(16)18-13(15)19-12(8)20/h5-7,9-10,21H,2-4H2,1H3,(H2,16,18,19)(H2,22,23,24)/t6-,7+,9-,10-,14+/m0/s1. The number of anilines is 1. The second-order valence-electron chi connectivity index (χ2n) is 7.18. The van der Waals surface area contributed by atoms with E-state index in [9.17, 15) is 19.5 Å². The van der Waals surface area contributed by atoms with E-state index in [0.29, 0.717) is 17.6 Å². The monoisotopic (exact) mass is 387 g/mol. The van der Waals surface area contributed by atoms with Crippen LogP contribution in [-0.2, 0) is 4.57 Å². The summed E-state index contributed by atoms with van der Waals surface area (Å²) in [4.78, 5) is 30.8. The molecule has 2 aliphatic carbocycles. The molecule has 2 fully saturated rings. The molecule has 0 bridgehead atoms. The summed E-state index contributed by atoms with van der Waals surface area (Å²) in [5.41, 5.74) is 6.37. The molecule has 0 aliphatic heterocycles. The summed E-state index contributed by atoms with van der Waals surface area (Å²) in [7, 11) is -4.10. The largest absolute Gasteiger partial charge is 0.392 e. The maximum Gasteiger partial charge on any atom is 0.325 e. The molecule has 2 aromatic rings. The summed E-state index contributed by atoms with van der Waals surface area (Å²) >= 11 is 5.92. The van der Waals surface area contributed by atoms with E-state index >= 15 is 0 Å². The third-order valence-corrected chi connectivity index (χ3v) is 6.80. The molecule has 0 spiro atoms. The first kappa shape index (κ1) is 17.2. The van der Waals surface area contributed by atoms with Gasteiger partial charge in [0.1, 0.15) is 5.52 Å². The predicted octanol–water partition coefficient (Wildman–Crippen LogP) is 1.19. The highest BCUT2D eigenvalue weighted by Crippen LogP contribution is 2.72. The number of nitrogens with two attached hydrogens (primary N) is 1. The van der Waals surface area contributed by atoms with Gasteiger partial charge >= 0.3 is 7.60 Å². The lowest BCUT2D eigenvalue weighted by Crippen LogP contribution is -2.28. The number of nitrogens with zero attached hydrogens (tertiary/aromatic N) is 4. The van der Waals surface area contributed by atoms with Crippen molar-refractivity contribution in [1.29, 1.82) is 0 Å². The third kappa shape index (κ3) is 2.57. The second-order valence-corrected chi connectivity index (χ2v) is 9.29. The van der Waals surface area contributed by atoms with Gasteiger partial charge in [0.15, 0.2) is 11.5 Å². The molecule has 0 amide bonds. The van der Waals surface area contributed by atoms with E-state index in [1.807, 2.05) is 11.5 Å². The number of fused-ring (bicyclic) bond motifs is 2. The van der Waals surface area contributed by atoms with Gasteiger partial charge in [-0.25, -0.2) is 4.98 Å². The van der Waals surface area contributed by atoms with Crippen molar-refractivity contribution in [2.75, 3.05) is 11.9 Å². The van der Waals surface area contributed by atoms with Crippen LogP contribution >= 0.6 is 19.2 Å². The average Bonchev–Trinajstić information content (AvgIpc) is 3.01. The summed E-state index contributed by atoms with van der Waals surface area (Å²) in [6.45, 7) is 1.93. The molecule has 2 aliphatic rings. The molecule has 9 nitrogen and oxygen atoms in total. The summed E-state index contributed by atoms with van der Waals surface area (Å²) in [6.07, 6.45) is 1.79. The van der Waals surface area contributed by atoms with Crippen molar-refractivity contribution in [1.82, 2.24) is 19.5 Å². The fourth-order valence-electron chi connectivity index (χ4n) is 4.59. The second kappa shape index (κ2) is 5.37. The molecule has 2 heterocycles. The third-order valence-electron chi connectivity index (χ3n) is 5.83. The Morgan fingerprint density at radius 1 is 1.48 bits per heavy atom. The highest BCUT2D eigenvalue weighted by atomic mass is 35.5. The lowest BCUT2D eigenvalue weighted by molar-refractivity contribution is 0.0585. The fraction of sp³-hybridized carbons (Fsp3) is 0.643. The number of aliphatic hydroxyl groups is 1. The van der Waals surface area contributed by atoms with E-state index < -0.39 is 19.1 Å². The van der Waals surface area contributed by atoms with Crippen LogP contribution in [0.2, 0.25) is 5.28 Å². The van der Waals surface area contributed by atoms with Crippen molar-refractivity contribution in [3.05, 3.63) is 11.6 Å². The molecule has 0 radical (unpaired) electrons. The molecule has 0 aromatic carbocycles. The van der Waals surface area contributed by atoms with E-state index in [0.717, 1.165) is 6.42 Å². The number of aliphatic hydroxyl groups excluding tert-OH is 1. The molecule has 0 saturated heterocycles. The minimum atomic E-state index is -4.10. The zero-order valence-electron chi connectivity index (χ0n) is 13.4. The van der Waals surface area contributed by atoms with Crippen molar-refractivity contribution in [2.24, 2.45) is 17.3 Å². The van der Waals surface area contributed by atoms with E-state index in [1.165, 1.54) is 0 Å². The maximum atomic E-state index is 11.2. The van der Waals surface area contributed by atoms with Crippen LogP contribution in [0.25, 0.3) is 11.2 Å². The van der Waals surface area contributed by atoms with Gasteiger partial charge in [-0.3, -0.25) is 4.57 Å². The highest BCUT2D eigenvalue weighted by molar-refractivity contribution is 7.51. The Hall–Kier alpha value is -1.25. The molecule has 25 heavy (non-hydrogen) atoms. The predicted molar refractivity (Wildman–Crippen MR) is 91.0 cm³/mol. The number of halogens is 1. The number of nitrogen functional groups attached to an aromatic ring is 1. The molecule has 5 atom stereocenters. The Morgan fingerprint density at radius 2 is 2.20 bits per heavy atom. The zero-order valence-corrected chi connectivity index (χ0v) is 15.1. The number of hydrogen-bond donors (Lipinski definition) is 4. The van der Waals surface area contributed by atoms with Crippen LogP contribution in [-0.4, -0.2) is 46.7 Å². The van der Waals surface area contributed by atoms with Gasteiger partial charge < -0.3 is 25.2 Å². The fourth-order valence-corrected chi connectivity index (χ4v) is 5.47. The topological polar surface area (TPSA) is 147 Å². The van der Waals surface area contributed by atoms with Gasteiger partial charge in [-0.15, -0.1) is 0 Å². The van der Waals surface area contributed by atoms with Crippen molar-refractivity contribution in [3.8, 4) is 0 Å². The van der Waals surface area contributed by atoms with Crippen LogP contribution in [0.1, 0.15) is 25.8 Å². The van der Waals surface area contributed by atoms with Crippen molar-refractivity contribution in [3.63, 3.8) is 0 Å². The van der Waals surface area contributed by atoms with Crippen LogP contribution in [0.15, 0.2) is 6.33 Å². The van der Waals surface area contributed by atoms with Gasteiger partial charge in [0, 0.05) is 17.4 Å². The van der Waals surface area contributed by atoms with Crippen molar-refractivity contribution < 1.29 is 19.5 Å². The normalized spacial score (nSPS) is 34.4. The molecule has 2 saturated carbocycles.